The summed E-state index contributed by atoms with van der Waals surface area (Å²) in [5.74, 6) is 0.473. The lowest BCUT2D eigenvalue weighted by Gasteiger charge is -2.26. The van der Waals surface area contributed by atoms with E-state index in [0.29, 0.717) is 5.92 Å². The summed E-state index contributed by atoms with van der Waals surface area (Å²) in [5, 5.41) is 14.4. The third-order valence-corrected chi connectivity index (χ3v) is 4.43. The molecule has 0 aliphatic heterocycles. The topological polar surface area (TPSA) is 23.5 Å². The first-order chi connectivity index (χ1) is 8.25. The molecule has 0 amide bonds. The summed E-state index contributed by atoms with van der Waals surface area (Å²) in [6.45, 7) is 2.03. The fourth-order valence-electron chi connectivity index (χ4n) is 2.74. The number of thiophene rings is 1. The van der Waals surface area contributed by atoms with Crippen molar-refractivity contribution in [2.24, 2.45) is 5.92 Å². The number of aliphatic hydroxyl groups excluding tert-OH is 1. The van der Waals surface area contributed by atoms with Crippen molar-refractivity contribution < 1.29 is 5.11 Å². The molecule has 1 aromatic heterocycles. The lowest BCUT2D eigenvalue weighted by molar-refractivity contribution is 0.0780. The van der Waals surface area contributed by atoms with Crippen LogP contribution in [0.25, 0.3) is 0 Å². The molecule has 0 radical (unpaired) electrons. The highest BCUT2D eigenvalue weighted by Crippen LogP contribution is 2.24. The van der Waals surface area contributed by atoms with Gasteiger partial charge in [-0.3, -0.25) is 0 Å². The lowest BCUT2D eigenvalue weighted by atomic mass is 9.97. The maximum Gasteiger partial charge on any atom is 0.0580 e. The Morgan fingerprint density at radius 3 is 2.94 bits per heavy atom. The molecule has 2 rings (SSSR count). The molecule has 0 spiro atoms. The van der Waals surface area contributed by atoms with Gasteiger partial charge in [-0.2, -0.15) is 11.3 Å². The molecular formula is C14H23NOS. The van der Waals surface area contributed by atoms with Crippen molar-refractivity contribution in [3.8, 4) is 0 Å². The molecular weight excluding hydrogens is 230 g/mol. The smallest absolute Gasteiger partial charge is 0.0580 e. The van der Waals surface area contributed by atoms with Crippen LogP contribution in [0.1, 0.15) is 37.7 Å². The number of hydrogen-bond donors (Lipinski definition) is 1. The Bertz CT molecular complexity index is 312. The maximum atomic E-state index is 10.1. The normalized spacial score (nSPS) is 26.1. The molecule has 1 heterocycles. The highest BCUT2D eigenvalue weighted by Gasteiger charge is 2.22. The molecule has 1 aromatic rings. The largest absolute Gasteiger partial charge is 0.393 e. The quantitative estimate of drug-likeness (QED) is 0.833. The van der Waals surface area contributed by atoms with Gasteiger partial charge in [0.2, 0.25) is 0 Å². The van der Waals surface area contributed by atoms with Crippen LogP contribution in [0.4, 0.5) is 0 Å². The molecule has 3 heteroatoms. The van der Waals surface area contributed by atoms with Crippen LogP contribution in [-0.4, -0.2) is 29.7 Å². The second-order valence-electron chi connectivity index (χ2n) is 5.29. The van der Waals surface area contributed by atoms with Gasteiger partial charge in [-0.05, 0) is 48.2 Å². The minimum absolute atomic E-state index is 0.0811. The van der Waals surface area contributed by atoms with E-state index < -0.39 is 0 Å². The van der Waals surface area contributed by atoms with E-state index >= 15 is 0 Å². The van der Waals surface area contributed by atoms with Gasteiger partial charge < -0.3 is 10.0 Å². The van der Waals surface area contributed by atoms with E-state index in [1.54, 1.807) is 11.3 Å². The van der Waals surface area contributed by atoms with Gasteiger partial charge in [0.1, 0.15) is 0 Å². The van der Waals surface area contributed by atoms with Crippen molar-refractivity contribution in [1.82, 2.24) is 4.90 Å². The predicted molar refractivity (Wildman–Crippen MR) is 73.2 cm³/mol. The zero-order valence-corrected chi connectivity index (χ0v) is 11.5. The van der Waals surface area contributed by atoms with Crippen LogP contribution in [-0.2, 0) is 6.54 Å². The summed E-state index contributed by atoms with van der Waals surface area (Å²) in [5.41, 5.74) is 1.39. The third-order valence-electron chi connectivity index (χ3n) is 3.70. The van der Waals surface area contributed by atoms with Crippen LogP contribution in [0.15, 0.2) is 16.8 Å². The highest BCUT2D eigenvalue weighted by molar-refractivity contribution is 7.07. The Labute approximate surface area is 108 Å². The monoisotopic (exact) mass is 253 g/mol. The summed E-state index contributed by atoms with van der Waals surface area (Å²) in [4.78, 5) is 2.35. The second-order valence-corrected chi connectivity index (χ2v) is 6.07. The van der Waals surface area contributed by atoms with Crippen molar-refractivity contribution in [3.63, 3.8) is 0 Å². The summed E-state index contributed by atoms with van der Waals surface area (Å²) in [7, 11) is 2.16. The predicted octanol–water partition coefficient (Wildman–Crippen LogP) is 3.12. The van der Waals surface area contributed by atoms with Gasteiger partial charge >= 0.3 is 0 Å². The average Bonchev–Trinajstić information content (AvgIpc) is 2.71. The van der Waals surface area contributed by atoms with Crippen molar-refractivity contribution in [1.29, 1.82) is 0 Å². The molecule has 2 unspecified atom stereocenters. The van der Waals surface area contributed by atoms with Gasteiger partial charge in [0.05, 0.1) is 6.10 Å². The molecule has 0 saturated heterocycles. The van der Waals surface area contributed by atoms with Gasteiger partial charge in [0.15, 0.2) is 0 Å². The molecule has 96 valence electrons. The summed E-state index contributed by atoms with van der Waals surface area (Å²) < 4.78 is 0. The first-order valence-electron chi connectivity index (χ1n) is 6.63. The van der Waals surface area contributed by atoms with Crippen LogP contribution in [0, 0.1) is 5.92 Å². The van der Waals surface area contributed by atoms with Crippen LogP contribution < -0.4 is 0 Å². The fourth-order valence-corrected chi connectivity index (χ4v) is 3.40. The van der Waals surface area contributed by atoms with Crippen molar-refractivity contribution in [3.05, 3.63) is 22.4 Å². The van der Waals surface area contributed by atoms with Crippen molar-refractivity contribution in [2.75, 3.05) is 13.6 Å². The number of hydrogen-bond acceptors (Lipinski definition) is 3. The highest BCUT2D eigenvalue weighted by atomic mass is 32.1. The molecule has 1 saturated carbocycles. The number of aliphatic hydroxyl groups is 1. The maximum absolute atomic E-state index is 10.1. The van der Waals surface area contributed by atoms with Gasteiger partial charge in [-0.25, -0.2) is 0 Å². The Morgan fingerprint density at radius 2 is 2.18 bits per heavy atom. The Kier molecular flexibility index (Phi) is 5.01. The third kappa shape index (κ3) is 4.09. The molecule has 2 nitrogen and oxygen atoms in total. The minimum atomic E-state index is -0.0811. The van der Waals surface area contributed by atoms with Crippen molar-refractivity contribution >= 4 is 11.3 Å². The van der Waals surface area contributed by atoms with Crippen LogP contribution in [0.3, 0.4) is 0 Å². The second kappa shape index (κ2) is 6.53. The Balaban J connectivity index is 1.82. The Morgan fingerprint density at radius 1 is 1.35 bits per heavy atom. The fraction of sp³-hybridized carbons (Fsp3) is 0.714. The van der Waals surface area contributed by atoms with Gasteiger partial charge in [-0.1, -0.05) is 19.3 Å². The zero-order chi connectivity index (χ0) is 12.1. The molecule has 0 aromatic carbocycles. The average molecular weight is 253 g/mol. The molecule has 2 atom stereocenters. The van der Waals surface area contributed by atoms with E-state index in [2.05, 4.69) is 28.8 Å². The van der Waals surface area contributed by atoms with Crippen LogP contribution in [0.5, 0.6) is 0 Å². The SMILES string of the molecule is CN(Cc1ccsc1)CC1CCCCCC1O. The number of nitrogens with zero attached hydrogens (tertiary/aromatic N) is 1. The molecule has 17 heavy (non-hydrogen) atoms. The van der Waals surface area contributed by atoms with Gasteiger partial charge in [-0.15, -0.1) is 0 Å². The molecule has 0 bridgehead atoms. The van der Waals surface area contributed by atoms with Crippen LogP contribution >= 0.6 is 11.3 Å². The van der Waals surface area contributed by atoms with E-state index in [4.69, 9.17) is 0 Å². The summed E-state index contributed by atoms with van der Waals surface area (Å²) >= 11 is 1.76. The van der Waals surface area contributed by atoms with E-state index in [9.17, 15) is 5.11 Å². The van der Waals surface area contributed by atoms with Gasteiger partial charge in [0, 0.05) is 13.1 Å². The van der Waals surface area contributed by atoms with E-state index in [0.717, 1.165) is 19.5 Å². The molecule has 1 aliphatic rings. The molecule has 1 N–H and O–H groups in total. The Hall–Kier alpha value is -0.380. The first-order valence-corrected chi connectivity index (χ1v) is 7.57. The van der Waals surface area contributed by atoms with E-state index in [1.165, 1.54) is 31.2 Å². The van der Waals surface area contributed by atoms with E-state index in [1.807, 2.05) is 0 Å². The first kappa shape index (κ1) is 13.1. The van der Waals surface area contributed by atoms with Crippen LogP contribution in [0.2, 0.25) is 0 Å². The number of rotatable bonds is 4. The van der Waals surface area contributed by atoms with Crippen molar-refractivity contribution in [2.45, 2.75) is 44.8 Å². The molecule has 1 aliphatic carbocycles. The van der Waals surface area contributed by atoms with E-state index in [-0.39, 0.29) is 6.10 Å². The summed E-state index contributed by atoms with van der Waals surface area (Å²) in [6, 6.07) is 2.19. The standard InChI is InChI=1S/C14H23NOS/c1-15(9-12-7-8-17-11-12)10-13-5-3-2-4-6-14(13)16/h7-8,11,13-14,16H,2-6,9-10H2,1H3. The van der Waals surface area contributed by atoms with Gasteiger partial charge in [0.25, 0.3) is 0 Å². The minimum Gasteiger partial charge on any atom is -0.393 e. The molecule has 1 fully saturated rings. The zero-order valence-electron chi connectivity index (χ0n) is 10.6. The lowest BCUT2D eigenvalue weighted by Crippen LogP contribution is -2.32. The summed E-state index contributed by atoms with van der Waals surface area (Å²) in [6.07, 6.45) is 5.89.